The molecule has 3 heteroatoms. The van der Waals surface area contributed by atoms with Crippen LogP contribution in [0.4, 0.5) is 11.4 Å². The molecule has 0 aromatic heterocycles. The highest BCUT2D eigenvalue weighted by molar-refractivity contribution is 14.1. The zero-order chi connectivity index (χ0) is 13.7. The molecule has 0 atom stereocenters. The molecule has 0 heterocycles. The van der Waals surface area contributed by atoms with Gasteiger partial charge in [0.1, 0.15) is 0 Å². The van der Waals surface area contributed by atoms with Gasteiger partial charge in [0, 0.05) is 25.1 Å². The predicted octanol–water partition coefficient (Wildman–Crippen LogP) is 5.83. The van der Waals surface area contributed by atoms with E-state index in [0.29, 0.717) is 0 Å². The lowest BCUT2D eigenvalue weighted by Crippen LogP contribution is -2.18. The molecule has 2 rings (SSSR count). The molecule has 19 heavy (non-hydrogen) atoms. The molecule has 2 aromatic carbocycles. The van der Waals surface area contributed by atoms with Crippen molar-refractivity contribution in [2.75, 3.05) is 11.4 Å². The van der Waals surface area contributed by atoms with E-state index in [-0.39, 0.29) is 0 Å². The molecule has 0 amide bonds. The topological polar surface area (TPSA) is 3.24 Å². The third kappa shape index (κ3) is 4.34. The van der Waals surface area contributed by atoms with Gasteiger partial charge in [-0.1, -0.05) is 13.3 Å². The van der Waals surface area contributed by atoms with Gasteiger partial charge in [-0.2, -0.15) is 0 Å². The highest BCUT2D eigenvalue weighted by Gasteiger charge is 2.08. The smallest absolute Gasteiger partial charge is 0.0411 e. The van der Waals surface area contributed by atoms with Crippen molar-refractivity contribution in [2.24, 2.45) is 0 Å². The van der Waals surface area contributed by atoms with Crippen molar-refractivity contribution in [1.82, 2.24) is 0 Å². The van der Waals surface area contributed by atoms with Crippen LogP contribution in [0.2, 0.25) is 0 Å². The maximum Gasteiger partial charge on any atom is 0.0411 e. The van der Waals surface area contributed by atoms with E-state index in [1.807, 2.05) is 0 Å². The Labute approximate surface area is 142 Å². The minimum absolute atomic E-state index is 1.07. The van der Waals surface area contributed by atoms with Gasteiger partial charge in [-0.15, -0.1) is 0 Å². The molecule has 0 radical (unpaired) electrons. The Morgan fingerprint density at radius 3 is 1.58 bits per heavy atom. The molecule has 0 aliphatic carbocycles. The van der Waals surface area contributed by atoms with Crippen LogP contribution in [0.1, 0.15) is 19.8 Å². The zero-order valence-electron chi connectivity index (χ0n) is 10.9. The molecular weight excluding hydrogens is 460 g/mol. The van der Waals surface area contributed by atoms with Crippen molar-refractivity contribution in [2.45, 2.75) is 19.8 Å². The molecule has 0 fully saturated rings. The van der Waals surface area contributed by atoms with Crippen LogP contribution in [0.25, 0.3) is 0 Å². The number of halogens is 2. The SMILES string of the molecule is CCCCN(c1ccc(I)cc1)c1ccc(I)cc1. The van der Waals surface area contributed by atoms with E-state index in [4.69, 9.17) is 0 Å². The monoisotopic (exact) mass is 477 g/mol. The average Bonchev–Trinajstić information content (AvgIpc) is 2.43. The van der Waals surface area contributed by atoms with Crippen molar-refractivity contribution in [1.29, 1.82) is 0 Å². The number of anilines is 2. The van der Waals surface area contributed by atoms with E-state index in [9.17, 15) is 0 Å². The summed E-state index contributed by atoms with van der Waals surface area (Å²) in [5.41, 5.74) is 2.55. The molecule has 0 aliphatic heterocycles. The quantitative estimate of drug-likeness (QED) is 0.490. The first-order chi connectivity index (χ1) is 9.20. The lowest BCUT2D eigenvalue weighted by Gasteiger charge is -2.25. The fraction of sp³-hybridized carbons (Fsp3) is 0.250. The molecule has 1 nitrogen and oxygen atoms in total. The van der Waals surface area contributed by atoms with E-state index in [2.05, 4.69) is 106 Å². The van der Waals surface area contributed by atoms with Gasteiger partial charge in [0.25, 0.3) is 0 Å². The van der Waals surface area contributed by atoms with Crippen molar-refractivity contribution in [3.63, 3.8) is 0 Å². The third-order valence-corrected chi connectivity index (χ3v) is 4.45. The van der Waals surface area contributed by atoms with Crippen LogP contribution < -0.4 is 4.90 Å². The molecule has 0 unspecified atom stereocenters. The first-order valence-corrected chi connectivity index (χ1v) is 8.65. The number of rotatable bonds is 5. The van der Waals surface area contributed by atoms with E-state index in [0.717, 1.165) is 6.54 Å². The second-order valence-corrected chi connectivity index (χ2v) is 6.95. The summed E-state index contributed by atoms with van der Waals surface area (Å²) in [4.78, 5) is 2.40. The number of unbranched alkanes of at least 4 members (excludes halogenated alkanes) is 1. The summed E-state index contributed by atoms with van der Waals surface area (Å²) in [6.07, 6.45) is 2.42. The lowest BCUT2D eigenvalue weighted by atomic mass is 10.2. The zero-order valence-corrected chi connectivity index (χ0v) is 15.3. The largest absolute Gasteiger partial charge is 0.341 e. The maximum atomic E-state index is 2.40. The molecule has 0 spiro atoms. The van der Waals surface area contributed by atoms with E-state index in [1.54, 1.807) is 0 Å². The molecule has 2 aromatic rings. The first-order valence-electron chi connectivity index (χ1n) is 6.49. The maximum absolute atomic E-state index is 2.40. The van der Waals surface area contributed by atoms with Gasteiger partial charge in [-0.25, -0.2) is 0 Å². The molecular formula is C16H17I2N. The van der Waals surface area contributed by atoms with Crippen LogP contribution in [0.5, 0.6) is 0 Å². The molecule has 0 saturated heterocycles. The van der Waals surface area contributed by atoms with Gasteiger partial charge < -0.3 is 4.90 Å². The normalized spacial score (nSPS) is 10.5. The Balaban J connectivity index is 2.29. The second-order valence-electron chi connectivity index (χ2n) is 4.46. The van der Waals surface area contributed by atoms with Crippen LogP contribution >= 0.6 is 45.2 Å². The van der Waals surface area contributed by atoms with Crippen LogP contribution in [0, 0.1) is 7.14 Å². The summed E-state index contributed by atoms with van der Waals surface area (Å²) in [5, 5.41) is 0. The highest BCUT2D eigenvalue weighted by Crippen LogP contribution is 2.27. The Hall–Kier alpha value is -0.300. The first kappa shape index (κ1) is 15.1. The number of hydrogen-bond donors (Lipinski definition) is 0. The minimum atomic E-state index is 1.07. The van der Waals surface area contributed by atoms with E-state index in [1.165, 1.54) is 31.4 Å². The van der Waals surface area contributed by atoms with Gasteiger partial charge in [0.15, 0.2) is 0 Å². The van der Waals surface area contributed by atoms with E-state index >= 15 is 0 Å². The summed E-state index contributed by atoms with van der Waals surface area (Å²) >= 11 is 4.70. The lowest BCUT2D eigenvalue weighted by molar-refractivity contribution is 0.786. The summed E-state index contributed by atoms with van der Waals surface area (Å²) < 4.78 is 2.55. The number of hydrogen-bond acceptors (Lipinski definition) is 1. The summed E-state index contributed by atoms with van der Waals surface area (Å²) in [6.45, 7) is 3.30. The highest BCUT2D eigenvalue weighted by atomic mass is 127. The fourth-order valence-electron chi connectivity index (χ4n) is 1.97. The summed E-state index contributed by atoms with van der Waals surface area (Å²) in [6, 6.07) is 17.5. The molecule has 0 bridgehead atoms. The number of nitrogens with zero attached hydrogens (tertiary/aromatic N) is 1. The molecule has 0 saturated carbocycles. The molecule has 0 N–H and O–H groups in total. The Bertz CT molecular complexity index is 460. The van der Waals surface area contributed by atoms with Gasteiger partial charge in [0.05, 0.1) is 0 Å². The van der Waals surface area contributed by atoms with Crippen molar-refractivity contribution < 1.29 is 0 Å². The second kappa shape index (κ2) is 7.47. The van der Waals surface area contributed by atoms with E-state index < -0.39 is 0 Å². The van der Waals surface area contributed by atoms with Gasteiger partial charge in [0.2, 0.25) is 0 Å². The van der Waals surface area contributed by atoms with Crippen molar-refractivity contribution >= 4 is 56.6 Å². The molecule has 100 valence electrons. The third-order valence-electron chi connectivity index (χ3n) is 3.01. The van der Waals surface area contributed by atoms with Crippen LogP contribution in [-0.4, -0.2) is 6.54 Å². The van der Waals surface area contributed by atoms with Crippen LogP contribution in [-0.2, 0) is 0 Å². The summed E-state index contributed by atoms with van der Waals surface area (Å²) in [5.74, 6) is 0. The predicted molar refractivity (Wildman–Crippen MR) is 100 cm³/mol. The minimum Gasteiger partial charge on any atom is -0.341 e. The van der Waals surface area contributed by atoms with Gasteiger partial charge >= 0.3 is 0 Å². The van der Waals surface area contributed by atoms with Gasteiger partial charge in [-0.3, -0.25) is 0 Å². The average molecular weight is 477 g/mol. The van der Waals surface area contributed by atoms with Crippen LogP contribution in [0.15, 0.2) is 48.5 Å². The van der Waals surface area contributed by atoms with Crippen molar-refractivity contribution in [3.05, 3.63) is 55.7 Å². The summed E-state index contributed by atoms with van der Waals surface area (Å²) in [7, 11) is 0. The number of benzene rings is 2. The Morgan fingerprint density at radius 1 is 0.789 bits per heavy atom. The fourth-order valence-corrected chi connectivity index (χ4v) is 2.68. The van der Waals surface area contributed by atoms with Crippen molar-refractivity contribution in [3.8, 4) is 0 Å². The Morgan fingerprint density at radius 2 is 1.21 bits per heavy atom. The Kier molecular flexibility index (Phi) is 5.94. The van der Waals surface area contributed by atoms with Crippen LogP contribution in [0.3, 0.4) is 0 Å². The molecule has 0 aliphatic rings. The van der Waals surface area contributed by atoms with Gasteiger partial charge in [-0.05, 0) is 100 Å². The standard InChI is InChI=1S/C16H17I2N/c1-2-3-12-19(15-8-4-13(17)5-9-15)16-10-6-14(18)7-11-16/h4-11H,2-3,12H2,1H3.